The molecule has 1 aliphatic heterocycles. The third kappa shape index (κ3) is 3.24. The van der Waals surface area contributed by atoms with Crippen LogP contribution in [0, 0.1) is 27.4 Å². The topological polar surface area (TPSA) is 70.2 Å². The van der Waals surface area contributed by atoms with Crippen LogP contribution in [0.15, 0.2) is 18.2 Å². The minimum Gasteiger partial charge on any atom is -0.371 e. The third-order valence-electron chi connectivity index (χ3n) is 3.62. The van der Waals surface area contributed by atoms with Crippen molar-refractivity contribution in [2.24, 2.45) is 5.92 Å². The van der Waals surface area contributed by atoms with Gasteiger partial charge in [0.05, 0.1) is 10.8 Å². The van der Waals surface area contributed by atoms with Crippen LogP contribution in [0.3, 0.4) is 0 Å². The summed E-state index contributed by atoms with van der Waals surface area (Å²) in [6.07, 6.45) is -4.25. The number of rotatable bonds is 2. The summed E-state index contributed by atoms with van der Waals surface area (Å²) in [5.41, 5.74) is 0.0863. The summed E-state index contributed by atoms with van der Waals surface area (Å²) in [5.74, 6) is -1.32. The maximum absolute atomic E-state index is 12.6. The van der Waals surface area contributed by atoms with E-state index in [1.54, 1.807) is 11.0 Å². The van der Waals surface area contributed by atoms with Gasteiger partial charge in [0, 0.05) is 24.8 Å². The first-order valence-corrected chi connectivity index (χ1v) is 6.33. The highest BCUT2D eigenvalue weighted by Gasteiger charge is 2.41. The maximum atomic E-state index is 12.6. The largest absolute Gasteiger partial charge is 0.391 e. The average molecular weight is 299 g/mol. The molecule has 0 radical (unpaired) electrons. The predicted octanol–water partition coefficient (Wildman–Crippen LogP) is 3.25. The van der Waals surface area contributed by atoms with Gasteiger partial charge in [-0.15, -0.1) is 0 Å². The van der Waals surface area contributed by atoms with Gasteiger partial charge in [-0.25, -0.2) is 0 Å². The van der Waals surface area contributed by atoms with Crippen molar-refractivity contribution in [2.75, 3.05) is 18.0 Å². The summed E-state index contributed by atoms with van der Waals surface area (Å²) in [6.45, 7) is 0.375. The first-order valence-electron chi connectivity index (χ1n) is 6.33. The minimum absolute atomic E-state index is 0.0305. The number of nitro benzene ring substituents is 1. The van der Waals surface area contributed by atoms with E-state index in [1.807, 2.05) is 0 Å². The van der Waals surface area contributed by atoms with Gasteiger partial charge in [0.1, 0.15) is 11.6 Å². The highest BCUT2D eigenvalue weighted by atomic mass is 19.4. The van der Waals surface area contributed by atoms with Crippen LogP contribution in [0.1, 0.15) is 18.4 Å². The molecule has 0 unspecified atom stereocenters. The molecule has 1 aliphatic rings. The first-order chi connectivity index (χ1) is 9.82. The van der Waals surface area contributed by atoms with Gasteiger partial charge in [0.25, 0.3) is 5.69 Å². The Kier molecular flexibility index (Phi) is 4.02. The van der Waals surface area contributed by atoms with Crippen LogP contribution in [0.5, 0.6) is 0 Å². The fourth-order valence-corrected chi connectivity index (χ4v) is 2.43. The lowest BCUT2D eigenvalue weighted by Gasteiger charge is -2.34. The van der Waals surface area contributed by atoms with Gasteiger partial charge in [0.2, 0.25) is 0 Å². The quantitative estimate of drug-likeness (QED) is 0.621. The number of nitriles is 1. The number of piperidine rings is 1. The maximum Gasteiger partial charge on any atom is 0.391 e. The van der Waals surface area contributed by atoms with Crippen LogP contribution in [-0.2, 0) is 0 Å². The third-order valence-corrected chi connectivity index (χ3v) is 3.62. The Balaban J connectivity index is 2.16. The molecule has 112 valence electrons. The molecule has 0 aromatic heterocycles. The van der Waals surface area contributed by atoms with Crippen molar-refractivity contribution in [1.82, 2.24) is 0 Å². The van der Waals surface area contributed by atoms with Crippen molar-refractivity contribution >= 4 is 11.4 Å². The molecule has 0 atom stereocenters. The van der Waals surface area contributed by atoms with Gasteiger partial charge < -0.3 is 4.90 Å². The van der Waals surface area contributed by atoms with Crippen LogP contribution < -0.4 is 4.90 Å². The zero-order chi connectivity index (χ0) is 15.6. The van der Waals surface area contributed by atoms with Gasteiger partial charge >= 0.3 is 6.18 Å². The average Bonchev–Trinajstić information content (AvgIpc) is 2.45. The lowest BCUT2D eigenvalue weighted by Crippen LogP contribution is -2.39. The Morgan fingerprint density at radius 2 is 1.95 bits per heavy atom. The van der Waals surface area contributed by atoms with Crippen molar-refractivity contribution in [3.8, 4) is 6.07 Å². The van der Waals surface area contributed by atoms with E-state index in [4.69, 9.17) is 5.26 Å². The van der Waals surface area contributed by atoms with Crippen molar-refractivity contribution in [3.63, 3.8) is 0 Å². The molecule has 5 nitrogen and oxygen atoms in total. The van der Waals surface area contributed by atoms with Crippen molar-refractivity contribution in [3.05, 3.63) is 33.9 Å². The van der Waals surface area contributed by atoms with E-state index in [1.165, 1.54) is 18.2 Å². The molecule has 1 saturated heterocycles. The molecule has 1 fully saturated rings. The van der Waals surface area contributed by atoms with Gasteiger partial charge in [-0.2, -0.15) is 18.4 Å². The molecule has 1 aromatic rings. The number of nitro groups is 1. The van der Waals surface area contributed by atoms with Gasteiger partial charge in [-0.1, -0.05) is 0 Å². The summed E-state index contributed by atoms with van der Waals surface area (Å²) in [4.78, 5) is 11.9. The number of hydrogen-bond acceptors (Lipinski definition) is 4. The molecule has 0 spiro atoms. The zero-order valence-corrected chi connectivity index (χ0v) is 10.9. The molecule has 0 bridgehead atoms. The number of anilines is 1. The SMILES string of the molecule is N#Cc1ccc(N2CCC(C(F)(F)F)CC2)cc1[N+](=O)[O-]. The Morgan fingerprint density at radius 3 is 2.43 bits per heavy atom. The van der Waals surface area contributed by atoms with Crippen LogP contribution in [0.2, 0.25) is 0 Å². The molecule has 0 N–H and O–H groups in total. The lowest BCUT2D eigenvalue weighted by molar-refractivity contribution is -0.385. The Labute approximate surface area is 118 Å². The van der Waals surface area contributed by atoms with E-state index in [9.17, 15) is 23.3 Å². The number of hydrogen-bond donors (Lipinski definition) is 0. The van der Waals surface area contributed by atoms with E-state index >= 15 is 0 Å². The fraction of sp³-hybridized carbons (Fsp3) is 0.462. The summed E-state index contributed by atoms with van der Waals surface area (Å²) in [5, 5.41) is 19.7. The van der Waals surface area contributed by atoms with Crippen LogP contribution in [-0.4, -0.2) is 24.2 Å². The van der Waals surface area contributed by atoms with Crippen molar-refractivity contribution in [1.29, 1.82) is 5.26 Å². The molecule has 0 aliphatic carbocycles. The van der Waals surface area contributed by atoms with E-state index < -0.39 is 17.0 Å². The Morgan fingerprint density at radius 1 is 1.33 bits per heavy atom. The summed E-state index contributed by atoms with van der Waals surface area (Å²) < 4.78 is 37.8. The summed E-state index contributed by atoms with van der Waals surface area (Å²) in [7, 11) is 0. The molecule has 0 amide bonds. The van der Waals surface area contributed by atoms with Gasteiger partial charge in [-0.3, -0.25) is 10.1 Å². The summed E-state index contributed by atoms with van der Waals surface area (Å²) >= 11 is 0. The first kappa shape index (κ1) is 15.1. The molecular weight excluding hydrogens is 287 g/mol. The number of nitrogens with zero attached hydrogens (tertiary/aromatic N) is 3. The van der Waals surface area contributed by atoms with Gasteiger partial charge in [0.15, 0.2) is 0 Å². The standard InChI is InChI=1S/C13H12F3N3O2/c14-13(15,16)10-3-5-18(6-4-10)11-2-1-9(8-17)12(7-11)19(20)21/h1-2,7,10H,3-6H2. The van der Waals surface area contributed by atoms with Crippen LogP contribution >= 0.6 is 0 Å². The lowest BCUT2D eigenvalue weighted by atomic mass is 9.96. The highest BCUT2D eigenvalue weighted by Crippen LogP contribution is 2.36. The molecule has 1 aromatic carbocycles. The Hall–Kier alpha value is -2.30. The van der Waals surface area contributed by atoms with E-state index in [0.29, 0.717) is 5.69 Å². The van der Waals surface area contributed by atoms with Crippen LogP contribution in [0.25, 0.3) is 0 Å². The zero-order valence-electron chi connectivity index (χ0n) is 10.9. The van der Waals surface area contributed by atoms with Crippen molar-refractivity contribution in [2.45, 2.75) is 19.0 Å². The number of alkyl halides is 3. The normalized spacial score (nSPS) is 16.6. The second-order valence-corrected chi connectivity index (χ2v) is 4.87. The number of benzene rings is 1. The monoisotopic (exact) mass is 299 g/mol. The molecule has 0 saturated carbocycles. The second-order valence-electron chi connectivity index (χ2n) is 4.87. The summed E-state index contributed by atoms with van der Waals surface area (Å²) in [6, 6.07) is 5.82. The predicted molar refractivity (Wildman–Crippen MR) is 68.8 cm³/mol. The Bertz CT molecular complexity index is 587. The van der Waals surface area contributed by atoms with E-state index in [2.05, 4.69) is 0 Å². The minimum atomic E-state index is -4.19. The molecular formula is C13H12F3N3O2. The molecule has 2 rings (SSSR count). The van der Waals surface area contributed by atoms with Gasteiger partial charge in [-0.05, 0) is 25.0 Å². The molecule has 8 heteroatoms. The molecule has 1 heterocycles. The molecule has 21 heavy (non-hydrogen) atoms. The highest BCUT2D eigenvalue weighted by molar-refractivity contribution is 5.60. The smallest absolute Gasteiger partial charge is 0.371 e. The van der Waals surface area contributed by atoms with E-state index in [0.717, 1.165) is 0 Å². The van der Waals surface area contributed by atoms with E-state index in [-0.39, 0.29) is 37.2 Å². The van der Waals surface area contributed by atoms with Crippen molar-refractivity contribution < 1.29 is 18.1 Å². The number of halogens is 3. The fourth-order valence-electron chi connectivity index (χ4n) is 2.43. The second kappa shape index (κ2) is 5.60. The van der Waals surface area contributed by atoms with Crippen LogP contribution in [0.4, 0.5) is 24.5 Å².